The molecule has 1 N–H and O–H groups in total. The number of rotatable bonds is 2. The molecule has 0 bridgehead atoms. The Labute approximate surface area is 81.7 Å². The van der Waals surface area contributed by atoms with Crippen molar-refractivity contribution < 1.29 is 0 Å². The van der Waals surface area contributed by atoms with Gasteiger partial charge in [-0.1, -0.05) is 13.8 Å². The maximum Gasteiger partial charge on any atom is 0.0235 e. The minimum absolute atomic E-state index is 0.769. The lowest BCUT2D eigenvalue weighted by Crippen LogP contribution is -2.34. The van der Waals surface area contributed by atoms with Crippen LogP contribution in [0.4, 0.5) is 0 Å². The van der Waals surface area contributed by atoms with Gasteiger partial charge in [-0.05, 0) is 38.3 Å². The van der Waals surface area contributed by atoms with E-state index in [9.17, 15) is 0 Å². The highest BCUT2D eigenvalue weighted by Gasteiger charge is 2.31. The molecular formula is C11H22N2. The average molecular weight is 182 g/mol. The molecular weight excluding hydrogens is 160 g/mol. The van der Waals surface area contributed by atoms with Gasteiger partial charge in [0.25, 0.3) is 0 Å². The van der Waals surface area contributed by atoms with Crippen molar-refractivity contribution in [3.63, 3.8) is 0 Å². The maximum absolute atomic E-state index is 3.64. The van der Waals surface area contributed by atoms with Crippen LogP contribution in [0.1, 0.15) is 33.1 Å². The maximum atomic E-state index is 3.64. The predicted molar refractivity (Wildman–Crippen MR) is 55.8 cm³/mol. The summed E-state index contributed by atoms with van der Waals surface area (Å²) in [5.41, 5.74) is 0. The topological polar surface area (TPSA) is 15.3 Å². The molecule has 0 aromatic rings. The monoisotopic (exact) mass is 182 g/mol. The molecule has 0 spiro atoms. The Morgan fingerprint density at radius 2 is 1.92 bits per heavy atom. The molecule has 2 heteroatoms. The zero-order chi connectivity index (χ0) is 9.26. The third kappa shape index (κ3) is 2.05. The van der Waals surface area contributed by atoms with Crippen molar-refractivity contribution in [2.24, 2.45) is 5.92 Å². The summed E-state index contributed by atoms with van der Waals surface area (Å²) in [5, 5.41) is 3.64. The van der Waals surface area contributed by atoms with Crippen LogP contribution in [0, 0.1) is 5.92 Å². The van der Waals surface area contributed by atoms with E-state index in [1.165, 1.54) is 38.9 Å². The fourth-order valence-corrected chi connectivity index (χ4v) is 2.64. The number of nitrogens with one attached hydrogen (secondary N) is 1. The van der Waals surface area contributed by atoms with Gasteiger partial charge >= 0.3 is 0 Å². The van der Waals surface area contributed by atoms with E-state index < -0.39 is 0 Å². The quantitative estimate of drug-likeness (QED) is 0.695. The van der Waals surface area contributed by atoms with E-state index in [2.05, 4.69) is 24.1 Å². The highest BCUT2D eigenvalue weighted by Crippen LogP contribution is 2.22. The first-order valence-electron chi connectivity index (χ1n) is 5.75. The molecule has 76 valence electrons. The highest BCUT2D eigenvalue weighted by molar-refractivity contribution is 4.90. The van der Waals surface area contributed by atoms with E-state index in [4.69, 9.17) is 0 Å². The SMILES string of the molecule is CC(C)C1CC(N2CCCC2)CN1. The first-order chi connectivity index (χ1) is 6.27. The number of hydrogen-bond acceptors (Lipinski definition) is 2. The molecule has 0 radical (unpaired) electrons. The van der Waals surface area contributed by atoms with Crippen LogP contribution in [0.5, 0.6) is 0 Å². The second kappa shape index (κ2) is 3.97. The third-order valence-electron chi connectivity index (χ3n) is 3.60. The molecule has 2 fully saturated rings. The smallest absolute Gasteiger partial charge is 0.0235 e. The van der Waals surface area contributed by atoms with E-state index in [1.54, 1.807) is 0 Å². The van der Waals surface area contributed by atoms with Gasteiger partial charge in [0.15, 0.2) is 0 Å². The van der Waals surface area contributed by atoms with Gasteiger partial charge in [-0.2, -0.15) is 0 Å². The standard InChI is InChI=1S/C11H22N2/c1-9(2)11-7-10(8-12-11)13-5-3-4-6-13/h9-12H,3-8H2,1-2H3. The van der Waals surface area contributed by atoms with Crippen LogP contribution in [-0.4, -0.2) is 36.6 Å². The first kappa shape index (κ1) is 9.47. The summed E-state index contributed by atoms with van der Waals surface area (Å²) < 4.78 is 0. The Balaban J connectivity index is 1.83. The summed E-state index contributed by atoms with van der Waals surface area (Å²) in [6, 6.07) is 1.61. The van der Waals surface area contributed by atoms with Crippen molar-refractivity contribution in [1.29, 1.82) is 0 Å². The Kier molecular flexibility index (Phi) is 2.89. The lowest BCUT2D eigenvalue weighted by Gasteiger charge is -2.22. The van der Waals surface area contributed by atoms with Crippen LogP contribution >= 0.6 is 0 Å². The molecule has 2 heterocycles. The molecule has 0 aliphatic carbocycles. The van der Waals surface area contributed by atoms with Gasteiger partial charge in [-0.25, -0.2) is 0 Å². The van der Waals surface area contributed by atoms with E-state index in [0.717, 1.165) is 18.0 Å². The van der Waals surface area contributed by atoms with Crippen molar-refractivity contribution in [2.45, 2.75) is 45.2 Å². The van der Waals surface area contributed by atoms with Gasteiger partial charge in [0.05, 0.1) is 0 Å². The fraction of sp³-hybridized carbons (Fsp3) is 1.00. The molecule has 0 amide bonds. The fourth-order valence-electron chi connectivity index (χ4n) is 2.64. The second-order valence-corrected chi connectivity index (χ2v) is 4.89. The summed E-state index contributed by atoms with van der Waals surface area (Å²) in [6.07, 6.45) is 4.21. The van der Waals surface area contributed by atoms with Gasteiger partial charge < -0.3 is 5.32 Å². The summed E-state index contributed by atoms with van der Waals surface area (Å²) in [6.45, 7) is 8.56. The van der Waals surface area contributed by atoms with E-state index in [0.29, 0.717) is 0 Å². The van der Waals surface area contributed by atoms with Crippen LogP contribution < -0.4 is 5.32 Å². The molecule has 2 aliphatic rings. The first-order valence-corrected chi connectivity index (χ1v) is 5.75. The highest BCUT2D eigenvalue weighted by atomic mass is 15.2. The number of nitrogens with zero attached hydrogens (tertiary/aromatic N) is 1. The Hall–Kier alpha value is -0.0800. The Morgan fingerprint density at radius 1 is 1.23 bits per heavy atom. The van der Waals surface area contributed by atoms with Gasteiger partial charge in [-0.15, -0.1) is 0 Å². The molecule has 2 unspecified atom stereocenters. The minimum Gasteiger partial charge on any atom is -0.312 e. The zero-order valence-electron chi connectivity index (χ0n) is 8.92. The van der Waals surface area contributed by atoms with Gasteiger partial charge in [0.1, 0.15) is 0 Å². The van der Waals surface area contributed by atoms with Gasteiger partial charge in [0, 0.05) is 18.6 Å². The summed E-state index contributed by atoms with van der Waals surface area (Å²) >= 11 is 0. The van der Waals surface area contributed by atoms with Crippen molar-refractivity contribution in [3.8, 4) is 0 Å². The van der Waals surface area contributed by atoms with Gasteiger partial charge in [-0.3, -0.25) is 4.90 Å². The average Bonchev–Trinajstić information content (AvgIpc) is 2.75. The lowest BCUT2D eigenvalue weighted by atomic mass is 10.0. The summed E-state index contributed by atoms with van der Waals surface area (Å²) in [5.74, 6) is 0.799. The van der Waals surface area contributed by atoms with Crippen LogP contribution in [0.25, 0.3) is 0 Å². The molecule has 2 rings (SSSR count). The molecule has 13 heavy (non-hydrogen) atoms. The molecule has 0 saturated carbocycles. The largest absolute Gasteiger partial charge is 0.312 e. The van der Waals surface area contributed by atoms with Gasteiger partial charge in [0.2, 0.25) is 0 Å². The molecule has 0 aromatic carbocycles. The number of likely N-dealkylation sites (tertiary alicyclic amines) is 1. The molecule has 0 aromatic heterocycles. The van der Waals surface area contributed by atoms with Crippen LogP contribution in [0.15, 0.2) is 0 Å². The molecule has 2 nitrogen and oxygen atoms in total. The Morgan fingerprint density at radius 3 is 2.46 bits per heavy atom. The lowest BCUT2D eigenvalue weighted by molar-refractivity contribution is 0.252. The Bertz CT molecular complexity index is 161. The van der Waals surface area contributed by atoms with Crippen molar-refractivity contribution >= 4 is 0 Å². The summed E-state index contributed by atoms with van der Waals surface area (Å²) in [4.78, 5) is 2.68. The van der Waals surface area contributed by atoms with E-state index in [1.807, 2.05) is 0 Å². The zero-order valence-corrected chi connectivity index (χ0v) is 8.92. The van der Waals surface area contributed by atoms with Crippen LogP contribution in [-0.2, 0) is 0 Å². The normalized spacial score (nSPS) is 36.2. The van der Waals surface area contributed by atoms with E-state index >= 15 is 0 Å². The molecule has 2 atom stereocenters. The summed E-state index contributed by atoms with van der Waals surface area (Å²) in [7, 11) is 0. The van der Waals surface area contributed by atoms with Crippen molar-refractivity contribution in [3.05, 3.63) is 0 Å². The van der Waals surface area contributed by atoms with Crippen LogP contribution in [0.3, 0.4) is 0 Å². The molecule has 2 aliphatic heterocycles. The second-order valence-electron chi connectivity index (χ2n) is 4.89. The molecule has 2 saturated heterocycles. The van der Waals surface area contributed by atoms with E-state index in [-0.39, 0.29) is 0 Å². The van der Waals surface area contributed by atoms with Crippen molar-refractivity contribution in [1.82, 2.24) is 10.2 Å². The van der Waals surface area contributed by atoms with Crippen molar-refractivity contribution in [2.75, 3.05) is 19.6 Å². The third-order valence-corrected chi connectivity index (χ3v) is 3.60. The number of hydrogen-bond donors (Lipinski definition) is 1. The predicted octanol–water partition coefficient (Wildman–Crippen LogP) is 1.47. The van der Waals surface area contributed by atoms with Crippen LogP contribution in [0.2, 0.25) is 0 Å². The minimum atomic E-state index is 0.769.